The zero-order valence-electron chi connectivity index (χ0n) is 30.4. The minimum Gasteiger partial charge on any atom is -0.463 e. The van der Waals surface area contributed by atoms with Gasteiger partial charge in [-0.25, -0.2) is 0 Å². The number of methoxy groups -OCH3 is 1. The van der Waals surface area contributed by atoms with Crippen LogP contribution in [0.5, 0.6) is 0 Å². The molecule has 9 atom stereocenters. The van der Waals surface area contributed by atoms with Crippen molar-refractivity contribution in [2.45, 2.75) is 117 Å². The summed E-state index contributed by atoms with van der Waals surface area (Å²) in [6.07, 6.45) is -1.73. The highest BCUT2D eigenvalue weighted by molar-refractivity contribution is 6.04. The summed E-state index contributed by atoms with van der Waals surface area (Å²) in [6.45, 7) is 17.5. The predicted molar refractivity (Wildman–Crippen MR) is 175 cm³/mol. The summed E-state index contributed by atoms with van der Waals surface area (Å²) < 4.78 is 24.9. The van der Waals surface area contributed by atoms with Crippen molar-refractivity contribution in [3.8, 4) is 0 Å². The summed E-state index contributed by atoms with van der Waals surface area (Å²) in [6, 6.07) is -0.190. The van der Waals surface area contributed by atoms with Crippen LogP contribution >= 0.6 is 0 Å². The van der Waals surface area contributed by atoms with Crippen LogP contribution in [0.3, 0.4) is 0 Å². The van der Waals surface area contributed by atoms with Gasteiger partial charge in [-0.15, -0.1) is 0 Å². The van der Waals surface area contributed by atoms with Crippen LogP contribution < -0.4 is 5.32 Å². The number of nitrogens with one attached hydrogen (secondary N) is 1. The first-order valence-corrected chi connectivity index (χ1v) is 16.9. The van der Waals surface area contributed by atoms with E-state index in [9.17, 15) is 19.5 Å². The Morgan fingerprint density at radius 2 is 1.76 bits per heavy atom. The van der Waals surface area contributed by atoms with Gasteiger partial charge in [0.15, 0.2) is 12.1 Å². The first-order valence-electron chi connectivity index (χ1n) is 16.9. The predicted octanol–water partition coefficient (Wildman–Crippen LogP) is 1.77. The van der Waals surface area contributed by atoms with Crippen LogP contribution in [-0.4, -0.2) is 147 Å². The molecule has 0 aromatic heterocycles. The lowest BCUT2D eigenvalue weighted by molar-refractivity contribution is -0.295. The van der Waals surface area contributed by atoms with Crippen molar-refractivity contribution >= 4 is 17.7 Å². The first-order chi connectivity index (χ1) is 21.3. The van der Waals surface area contributed by atoms with Gasteiger partial charge in [0.2, 0.25) is 5.91 Å². The number of rotatable bonds is 8. The molecule has 0 saturated carbocycles. The minimum absolute atomic E-state index is 0.000333. The van der Waals surface area contributed by atoms with Crippen molar-refractivity contribution in [1.29, 1.82) is 0 Å². The lowest BCUT2D eigenvalue weighted by atomic mass is 9.74. The van der Waals surface area contributed by atoms with Crippen molar-refractivity contribution in [2.75, 3.05) is 61.0 Å². The number of carbonyl (C=O) groups excluding carboxylic acids is 3. The molecule has 12 nitrogen and oxygen atoms in total. The van der Waals surface area contributed by atoms with Gasteiger partial charge in [0.05, 0.1) is 24.4 Å². The van der Waals surface area contributed by atoms with Gasteiger partial charge >= 0.3 is 5.97 Å². The second-order valence-corrected chi connectivity index (χ2v) is 15.5. The fourth-order valence-corrected chi connectivity index (χ4v) is 7.61. The van der Waals surface area contributed by atoms with Gasteiger partial charge in [-0.1, -0.05) is 13.8 Å². The van der Waals surface area contributed by atoms with Crippen molar-refractivity contribution in [2.24, 2.45) is 23.2 Å². The average molecular weight is 655 g/mol. The van der Waals surface area contributed by atoms with Crippen LogP contribution in [-0.2, 0) is 33.3 Å². The number of likely N-dealkylation sites (tertiary alicyclic amines) is 1. The van der Waals surface area contributed by atoms with E-state index in [1.807, 2.05) is 53.7 Å². The molecule has 3 rings (SSSR count). The van der Waals surface area contributed by atoms with Crippen molar-refractivity contribution < 1.29 is 38.4 Å². The normalized spacial score (nSPS) is 37.6. The van der Waals surface area contributed by atoms with Gasteiger partial charge in [0.25, 0.3) is 0 Å². The van der Waals surface area contributed by atoms with E-state index in [2.05, 4.69) is 22.0 Å². The zero-order chi connectivity index (χ0) is 34.7. The number of likely N-dealkylation sites (N-methyl/N-ethyl adjacent to an activating group) is 2. The summed E-state index contributed by atoms with van der Waals surface area (Å²) in [7, 11) is 7.48. The molecule has 3 aliphatic heterocycles. The number of ketones is 1. The van der Waals surface area contributed by atoms with E-state index in [0.717, 1.165) is 0 Å². The molecule has 0 aromatic carbocycles. The first kappa shape index (κ1) is 38.8. The van der Waals surface area contributed by atoms with E-state index in [4.69, 9.17) is 18.9 Å². The number of amides is 1. The molecule has 0 radical (unpaired) electrons. The van der Waals surface area contributed by atoms with Gasteiger partial charge in [-0.3, -0.25) is 24.2 Å². The zero-order valence-corrected chi connectivity index (χ0v) is 30.4. The maximum atomic E-state index is 14.2. The molecule has 0 aromatic rings. The Bertz CT molecular complexity index is 1050. The third-order valence-corrected chi connectivity index (χ3v) is 10.3. The lowest BCUT2D eigenvalue weighted by Gasteiger charge is -2.47. The number of hydrogen-bond donors (Lipinski definition) is 2. The number of aliphatic hydroxyl groups excluding tert-OH is 1. The topological polar surface area (TPSA) is 130 Å². The van der Waals surface area contributed by atoms with Crippen LogP contribution in [0.25, 0.3) is 0 Å². The van der Waals surface area contributed by atoms with E-state index in [0.29, 0.717) is 39.0 Å². The number of cyclic esters (lactones) is 1. The molecule has 0 aliphatic carbocycles. The number of esters is 1. The third-order valence-electron chi connectivity index (χ3n) is 10.3. The molecular weight excluding hydrogens is 592 g/mol. The van der Waals surface area contributed by atoms with E-state index in [1.54, 1.807) is 27.9 Å². The molecular formula is C34H62N4O8. The lowest BCUT2D eigenvalue weighted by Crippen LogP contribution is -2.60. The Morgan fingerprint density at radius 1 is 1.13 bits per heavy atom. The molecule has 12 heteroatoms. The van der Waals surface area contributed by atoms with E-state index in [-0.39, 0.29) is 54.4 Å². The highest BCUT2D eigenvalue weighted by Gasteiger charge is 2.52. The second kappa shape index (κ2) is 15.7. The van der Waals surface area contributed by atoms with Gasteiger partial charge in [-0.2, -0.15) is 0 Å². The van der Waals surface area contributed by atoms with Crippen molar-refractivity contribution in [3.05, 3.63) is 0 Å². The van der Waals surface area contributed by atoms with Crippen LogP contribution in [0.15, 0.2) is 0 Å². The third kappa shape index (κ3) is 9.06. The maximum Gasteiger partial charge on any atom is 0.319 e. The number of ether oxygens (including phenoxy) is 4. The summed E-state index contributed by atoms with van der Waals surface area (Å²) in [5.41, 5.74) is -2.40. The Balaban J connectivity index is 1.89. The molecule has 3 fully saturated rings. The summed E-state index contributed by atoms with van der Waals surface area (Å²) in [4.78, 5) is 46.4. The van der Waals surface area contributed by atoms with Crippen LogP contribution in [0.2, 0.25) is 0 Å². The number of hydrogen-bond acceptors (Lipinski definition) is 11. The van der Waals surface area contributed by atoms with E-state index >= 15 is 0 Å². The second-order valence-electron chi connectivity index (χ2n) is 15.5. The number of nitrogens with zero attached hydrogens (tertiary/aromatic N) is 3. The highest BCUT2D eigenvalue weighted by Crippen LogP contribution is 2.38. The fourth-order valence-electron chi connectivity index (χ4n) is 7.61. The van der Waals surface area contributed by atoms with Crippen LogP contribution in [0.1, 0.15) is 68.2 Å². The molecule has 2 N–H and O–H groups in total. The monoisotopic (exact) mass is 654 g/mol. The highest BCUT2D eigenvalue weighted by atomic mass is 16.7. The Morgan fingerprint density at radius 3 is 2.33 bits per heavy atom. The Hall–Kier alpha value is -1.67. The van der Waals surface area contributed by atoms with Gasteiger partial charge in [0.1, 0.15) is 18.1 Å². The SMILES string of the molecule is CO[C@]1(C)C[C@@H](C)CN(C)[C@H](C2CN(CC(=O)NC(C)C)C2)COC(=O)C(C)(C)C(=O)[C@H](C)[C@H]1O[C@@H]1O[C@H](C)C[C@H](N(C)C)[C@H]1O. The summed E-state index contributed by atoms with van der Waals surface area (Å²) in [5.74, 6) is -1.39. The van der Waals surface area contributed by atoms with E-state index in [1.165, 1.54) is 0 Å². The molecule has 1 amide bonds. The molecule has 3 saturated heterocycles. The smallest absolute Gasteiger partial charge is 0.319 e. The molecule has 266 valence electrons. The maximum absolute atomic E-state index is 14.2. The van der Waals surface area contributed by atoms with Crippen molar-refractivity contribution in [3.63, 3.8) is 0 Å². The summed E-state index contributed by atoms with van der Waals surface area (Å²) in [5, 5.41) is 14.3. The standard InChI is InChI=1S/C34H62N4O8/c1-20(2)35-27(39)18-38-16-24(17-38)26-19-44-32(42)33(6,7)29(41)23(5)30(34(8,43-12)14-21(3)15-37(26)11)46-31-28(40)25(36(9)10)13-22(4)45-31/h20-26,28,30-31,40H,13-19H2,1-12H3,(H,35,39)/t21-,22-,23+,25+,26+,28-,30-,31+,34-/m1/s1. The Kier molecular flexibility index (Phi) is 13.2. The number of Topliss-reactive ketones (excluding diaryl/α,β-unsaturated/α-hetero) is 1. The molecule has 0 bridgehead atoms. The van der Waals surface area contributed by atoms with Crippen LogP contribution in [0.4, 0.5) is 0 Å². The van der Waals surface area contributed by atoms with Crippen molar-refractivity contribution in [1.82, 2.24) is 20.0 Å². The molecule has 0 unspecified atom stereocenters. The molecule has 0 spiro atoms. The minimum atomic E-state index is -1.45. The fraction of sp³-hybridized carbons (Fsp3) is 0.912. The molecule has 3 heterocycles. The number of aliphatic hydroxyl groups is 1. The van der Waals surface area contributed by atoms with Gasteiger partial charge in [-0.05, 0) is 81.4 Å². The average Bonchev–Trinajstić information content (AvgIpc) is 2.93. The van der Waals surface area contributed by atoms with Gasteiger partial charge in [0, 0.05) is 56.7 Å². The Labute approximate surface area is 276 Å². The van der Waals surface area contributed by atoms with Gasteiger partial charge < -0.3 is 34.3 Å². The van der Waals surface area contributed by atoms with Crippen LogP contribution in [0, 0.1) is 23.2 Å². The van der Waals surface area contributed by atoms with E-state index < -0.39 is 41.4 Å². The largest absolute Gasteiger partial charge is 0.463 e. The number of carbonyl (C=O) groups is 3. The molecule has 3 aliphatic rings. The quantitative estimate of drug-likeness (QED) is 0.294. The molecule has 46 heavy (non-hydrogen) atoms. The summed E-state index contributed by atoms with van der Waals surface area (Å²) >= 11 is 0.